The molecule has 0 aromatic heterocycles. The third-order valence-corrected chi connectivity index (χ3v) is 7.63. The van der Waals surface area contributed by atoms with Gasteiger partial charge in [-0.15, -0.1) is 0 Å². The van der Waals surface area contributed by atoms with Crippen LogP contribution in [0.15, 0.2) is 65.6 Å². The second kappa shape index (κ2) is 11.1. The van der Waals surface area contributed by atoms with Crippen molar-refractivity contribution in [2.45, 2.75) is 37.1 Å². The van der Waals surface area contributed by atoms with Gasteiger partial charge in [0.05, 0.1) is 23.7 Å². The average molecular weight is 526 g/mol. The van der Waals surface area contributed by atoms with E-state index in [2.05, 4.69) is 4.74 Å². The number of carbonyl (C=O) groups excluding carboxylic acids is 1. The van der Waals surface area contributed by atoms with Gasteiger partial charge in [-0.3, -0.25) is 9.10 Å². The Labute approximate surface area is 207 Å². The highest BCUT2D eigenvalue weighted by Gasteiger charge is 2.33. The van der Waals surface area contributed by atoms with E-state index in [1.807, 2.05) is 0 Å². The number of ether oxygens (including phenoxy) is 1. The molecule has 0 saturated heterocycles. The van der Waals surface area contributed by atoms with E-state index in [4.69, 9.17) is 11.6 Å². The molecule has 10 heteroatoms. The van der Waals surface area contributed by atoms with Gasteiger partial charge in [-0.1, -0.05) is 17.7 Å². The van der Waals surface area contributed by atoms with Crippen LogP contribution in [0.25, 0.3) is 0 Å². The number of hydrogen-bond donors (Lipinski definition) is 0. The van der Waals surface area contributed by atoms with E-state index in [9.17, 15) is 26.4 Å². The first kappa shape index (κ1) is 26.6. The van der Waals surface area contributed by atoms with E-state index < -0.39 is 45.2 Å². The molecule has 0 aliphatic heterocycles. The third kappa shape index (κ3) is 6.15. The summed E-state index contributed by atoms with van der Waals surface area (Å²) in [5, 5.41) is 0.298. The fourth-order valence-electron chi connectivity index (χ4n) is 3.77. The van der Waals surface area contributed by atoms with Crippen molar-refractivity contribution in [2.75, 3.05) is 11.4 Å². The molecule has 0 fully saturated rings. The Hall–Kier alpha value is -3.04. The summed E-state index contributed by atoms with van der Waals surface area (Å²) in [6.07, 6.45) is 0.618. The lowest BCUT2D eigenvalue weighted by Gasteiger charge is -2.32. The molecule has 35 heavy (non-hydrogen) atoms. The van der Waals surface area contributed by atoms with Gasteiger partial charge in [-0.25, -0.2) is 21.6 Å². The number of rotatable bonds is 9. The number of carbonyl (C=O) groups is 1. The molecular formula is C25H23ClF3NO4S. The largest absolute Gasteiger partial charge is 0.469 e. The smallest absolute Gasteiger partial charge is 0.305 e. The van der Waals surface area contributed by atoms with Crippen LogP contribution in [-0.4, -0.2) is 21.5 Å². The second-order valence-electron chi connectivity index (χ2n) is 7.80. The number of sulfonamides is 1. The zero-order chi connectivity index (χ0) is 25.8. The lowest BCUT2D eigenvalue weighted by atomic mass is 9.96. The van der Waals surface area contributed by atoms with E-state index in [-0.39, 0.29) is 17.7 Å². The highest BCUT2D eigenvalue weighted by Crippen LogP contribution is 2.37. The molecule has 186 valence electrons. The first-order chi connectivity index (χ1) is 16.5. The van der Waals surface area contributed by atoms with Crippen LogP contribution in [0.4, 0.5) is 18.9 Å². The van der Waals surface area contributed by atoms with Crippen molar-refractivity contribution in [1.29, 1.82) is 0 Å². The van der Waals surface area contributed by atoms with Gasteiger partial charge in [0, 0.05) is 17.5 Å². The molecule has 0 spiro atoms. The minimum absolute atomic E-state index is 0.0755. The zero-order valence-corrected chi connectivity index (χ0v) is 20.5. The number of esters is 1. The Morgan fingerprint density at radius 2 is 1.63 bits per heavy atom. The molecule has 0 amide bonds. The molecule has 0 N–H and O–H groups in total. The maximum absolute atomic E-state index is 14.9. The van der Waals surface area contributed by atoms with Crippen molar-refractivity contribution in [3.8, 4) is 0 Å². The van der Waals surface area contributed by atoms with Crippen molar-refractivity contribution >= 4 is 33.3 Å². The predicted octanol–water partition coefficient (Wildman–Crippen LogP) is 6.21. The molecule has 0 radical (unpaired) electrons. The molecule has 0 heterocycles. The van der Waals surface area contributed by atoms with Crippen LogP contribution >= 0.6 is 11.6 Å². The van der Waals surface area contributed by atoms with Crippen LogP contribution in [0.1, 0.15) is 36.9 Å². The van der Waals surface area contributed by atoms with Crippen molar-refractivity contribution in [3.63, 3.8) is 0 Å². The van der Waals surface area contributed by atoms with Gasteiger partial charge in [0.25, 0.3) is 10.0 Å². The zero-order valence-electron chi connectivity index (χ0n) is 19.0. The monoisotopic (exact) mass is 525 g/mol. The highest BCUT2D eigenvalue weighted by atomic mass is 35.5. The van der Waals surface area contributed by atoms with Crippen LogP contribution in [0.2, 0.25) is 5.02 Å². The number of aryl methyl sites for hydroxylation is 1. The molecule has 3 aromatic carbocycles. The number of benzene rings is 3. The predicted molar refractivity (Wildman–Crippen MR) is 127 cm³/mol. The summed E-state index contributed by atoms with van der Waals surface area (Å²) in [4.78, 5) is 11.3. The molecular weight excluding hydrogens is 503 g/mol. The third-order valence-electron chi connectivity index (χ3n) is 5.48. The molecule has 5 nitrogen and oxygen atoms in total. The summed E-state index contributed by atoms with van der Waals surface area (Å²) < 4.78 is 75.9. The highest BCUT2D eigenvalue weighted by molar-refractivity contribution is 7.92. The SMILES string of the molecule is COC(=O)CCCc1cc(F)ccc1[C@@H](C)N(c1cc(F)ccc1F)S(=O)(=O)c1ccc(Cl)cc1. The summed E-state index contributed by atoms with van der Waals surface area (Å²) in [6.45, 7) is 1.49. The van der Waals surface area contributed by atoms with Crippen LogP contribution in [-0.2, 0) is 26.0 Å². The maximum atomic E-state index is 14.9. The number of hydrogen-bond acceptors (Lipinski definition) is 4. The van der Waals surface area contributed by atoms with Crippen molar-refractivity contribution < 1.29 is 31.1 Å². The molecule has 0 bridgehead atoms. The topological polar surface area (TPSA) is 63.7 Å². The van der Waals surface area contributed by atoms with Gasteiger partial charge in [-0.2, -0.15) is 0 Å². The van der Waals surface area contributed by atoms with Crippen molar-refractivity contribution in [1.82, 2.24) is 0 Å². The van der Waals surface area contributed by atoms with Crippen LogP contribution in [0, 0.1) is 17.5 Å². The quantitative estimate of drug-likeness (QED) is 0.312. The summed E-state index contributed by atoms with van der Waals surface area (Å²) in [6, 6.07) is 10.5. The fraction of sp³-hybridized carbons (Fsp3) is 0.240. The van der Waals surface area contributed by atoms with Gasteiger partial charge >= 0.3 is 5.97 Å². The van der Waals surface area contributed by atoms with E-state index in [0.717, 1.165) is 28.6 Å². The molecule has 0 saturated carbocycles. The van der Waals surface area contributed by atoms with Crippen LogP contribution in [0.3, 0.4) is 0 Å². The van der Waals surface area contributed by atoms with Gasteiger partial charge in [-0.05, 0) is 79.4 Å². The molecule has 1 atom stereocenters. The summed E-state index contributed by atoms with van der Waals surface area (Å²) in [5.41, 5.74) is 0.296. The first-order valence-electron chi connectivity index (χ1n) is 10.6. The van der Waals surface area contributed by atoms with E-state index >= 15 is 0 Å². The average Bonchev–Trinajstić information content (AvgIpc) is 2.81. The van der Waals surface area contributed by atoms with Gasteiger partial charge in [0.15, 0.2) is 0 Å². The first-order valence-corrected chi connectivity index (χ1v) is 12.5. The Morgan fingerprint density at radius 1 is 1.00 bits per heavy atom. The number of anilines is 1. The number of halogens is 4. The van der Waals surface area contributed by atoms with Gasteiger partial charge in [0.1, 0.15) is 17.5 Å². The standard InChI is InChI=1S/C25H23ClF3NO4S/c1-16(22-12-8-19(27)14-17(22)4-3-5-25(31)34-2)30(24-15-20(28)9-13-23(24)29)35(32,33)21-10-6-18(26)7-11-21/h6-16H,3-5H2,1-2H3/t16-/m1/s1. The lowest BCUT2D eigenvalue weighted by Crippen LogP contribution is -2.35. The van der Waals surface area contributed by atoms with Gasteiger partial charge in [0.2, 0.25) is 0 Å². The number of nitrogens with zero attached hydrogens (tertiary/aromatic N) is 1. The second-order valence-corrected chi connectivity index (χ2v) is 10.1. The van der Waals surface area contributed by atoms with E-state index in [1.54, 1.807) is 0 Å². The minimum atomic E-state index is -4.42. The molecule has 0 unspecified atom stereocenters. The Balaban J connectivity index is 2.13. The summed E-state index contributed by atoms with van der Waals surface area (Å²) >= 11 is 5.89. The normalized spacial score (nSPS) is 12.3. The van der Waals surface area contributed by atoms with Crippen molar-refractivity contribution in [2.24, 2.45) is 0 Å². The van der Waals surface area contributed by atoms with Crippen LogP contribution < -0.4 is 4.31 Å². The Morgan fingerprint density at radius 3 is 2.29 bits per heavy atom. The minimum Gasteiger partial charge on any atom is -0.469 e. The Kier molecular flexibility index (Phi) is 8.45. The Bertz CT molecular complexity index is 1320. The summed E-state index contributed by atoms with van der Waals surface area (Å²) in [7, 11) is -3.17. The molecule has 3 aromatic rings. The van der Waals surface area contributed by atoms with Crippen molar-refractivity contribution in [3.05, 3.63) is 94.3 Å². The van der Waals surface area contributed by atoms with Crippen LogP contribution in [0.5, 0.6) is 0 Å². The lowest BCUT2D eigenvalue weighted by molar-refractivity contribution is -0.140. The molecule has 0 aliphatic carbocycles. The van der Waals surface area contributed by atoms with Gasteiger partial charge < -0.3 is 4.74 Å². The molecule has 0 aliphatic rings. The van der Waals surface area contributed by atoms with E-state index in [1.165, 1.54) is 50.4 Å². The van der Waals surface area contributed by atoms with E-state index in [0.29, 0.717) is 22.6 Å². The summed E-state index contributed by atoms with van der Waals surface area (Å²) in [5.74, 6) is -2.78. The molecule has 3 rings (SSSR count). The fourth-order valence-corrected chi connectivity index (χ4v) is 5.53. The maximum Gasteiger partial charge on any atom is 0.305 e. The number of methoxy groups -OCH3 is 1.